The Kier molecular flexibility index (Phi) is 5.39. The number of nitrogens with one attached hydrogen (secondary N) is 1. The van der Waals surface area contributed by atoms with Gasteiger partial charge in [0.25, 0.3) is 0 Å². The number of imidazole rings is 1. The van der Waals surface area contributed by atoms with Gasteiger partial charge < -0.3 is 14.8 Å². The molecule has 6 heteroatoms. The summed E-state index contributed by atoms with van der Waals surface area (Å²) < 4.78 is 1.97. The lowest BCUT2D eigenvalue weighted by Gasteiger charge is -2.35. The second-order valence-corrected chi connectivity index (χ2v) is 8.89. The Hall–Kier alpha value is -1.85. The van der Waals surface area contributed by atoms with Gasteiger partial charge in [-0.1, -0.05) is 12.8 Å². The van der Waals surface area contributed by atoms with E-state index >= 15 is 0 Å². The molecule has 26 heavy (non-hydrogen) atoms. The number of carbonyl (C=O) groups excluding carboxylic acids is 2. The summed E-state index contributed by atoms with van der Waals surface area (Å²) >= 11 is 0. The highest BCUT2D eigenvalue weighted by Crippen LogP contribution is 2.36. The summed E-state index contributed by atoms with van der Waals surface area (Å²) in [5.74, 6) is 0.661. The minimum absolute atomic E-state index is 0.0308. The van der Waals surface area contributed by atoms with Crippen LogP contribution >= 0.6 is 0 Å². The maximum Gasteiger partial charge on any atom is 0.227 e. The van der Waals surface area contributed by atoms with Crippen molar-refractivity contribution in [1.82, 2.24) is 19.8 Å². The summed E-state index contributed by atoms with van der Waals surface area (Å²) in [6.45, 7) is 6.50. The van der Waals surface area contributed by atoms with Crippen molar-refractivity contribution in [2.24, 2.45) is 18.9 Å². The fourth-order valence-corrected chi connectivity index (χ4v) is 3.89. The Morgan fingerprint density at radius 3 is 2.38 bits per heavy atom. The van der Waals surface area contributed by atoms with Crippen LogP contribution in [0.15, 0.2) is 12.4 Å². The van der Waals surface area contributed by atoms with Gasteiger partial charge in [-0.2, -0.15) is 0 Å². The third-order valence-corrected chi connectivity index (χ3v) is 5.42. The van der Waals surface area contributed by atoms with E-state index in [1.165, 1.54) is 0 Å². The minimum Gasteiger partial charge on any atom is -0.351 e. The predicted octanol–water partition coefficient (Wildman–Crippen LogP) is 2.63. The zero-order chi connectivity index (χ0) is 18.9. The van der Waals surface area contributed by atoms with Crippen molar-refractivity contribution in [1.29, 1.82) is 0 Å². The number of amides is 2. The maximum absolute atomic E-state index is 13.4. The highest BCUT2D eigenvalue weighted by atomic mass is 16.2. The molecule has 0 unspecified atom stereocenters. The Balaban J connectivity index is 1.75. The van der Waals surface area contributed by atoms with Crippen molar-refractivity contribution >= 4 is 11.8 Å². The first-order valence-electron chi connectivity index (χ1n) is 9.85. The van der Waals surface area contributed by atoms with Crippen LogP contribution in [0.1, 0.15) is 65.1 Å². The van der Waals surface area contributed by atoms with Crippen LogP contribution in [-0.2, 0) is 23.2 Å². The second kappa shape index (κ2) is 7.41. The van der Waals surface area contributed by atoms with E-state index in [0.29, 0.717) is 12.6 Å². The van der Waals surface area contributed by atoms with E-state index in [4.69, 9.17) is 0 Å². The fourth-order valence-electron chi connectivity index (χ4n) is 3.89. The fraction of sp³-hybridized carbons (Fsp3) is 0.750. The molecule has 0 radical (unpaired) electrons. The molecule has 2 aliphatic carbocycles. The van der Waals surface area contributed by atoms with Crippen LogP contribution in [0.25, 0.3) is 0 Å². The lowest BCUT2D eigenvalue weighted by Crippen LogP contribution is -2.50. The number of rotatable bonds is 5. The summed E-state index contributed by atoms with van der Waals surface area (Å²) in [7, 11) is 1.96. The maximum atomic E-state index is 13.4. The first kappa shape index (κ1) is 18.9. The Morgan fingerprint density at radius 1 is 1.19 bits per heavy atom. The molecule has 144 valence electrons. The van der Waals surface area contributed by atoms with E-state index in [1.54, 1.807) is 6.20 Å². The summed E-state index contributed by atoms with van der Waals surface area (Å²) in [5, 5.41) is 3.09. The summed E-state index contributed by atoms with van der Waals surface area (Å²) in [5.41, 5.74) is -0.273. The molecular formula is C20H32N4O2. The average Bonchev–Trinajstić information content (AvgIpc) is 3.33. The van der Waals surface area contributed by atoms with Gasteiger partial charge in [0.15, 0.2) is 0 Å². The van der Waals surface area contributed by atoms with E-state index in [9.17, 15) is 9.59 Å². The molecule has 2 amide bonds. The molecule has 1 heterocycles. The number of aromatic nitrogens is 2. The van der Waals surface area contributed by atoms with Crippen LogP contribution < -0.4 is 5.32 Å². The summed E-state index contributed by atoms with van der Waals surface area (Å²) in [4.78, 5) is 32.6. The third kappa shape index (κ3) is 4.46. The van der Waals surface area contributed by atoms with Gasteiger partial charge in [0, 0.05) is 42.9 Å². The number of hydrogen-bond donors (Lipinski definition) is 1. The van der Waals surface area contributed by atoms with Crippen LogP contribution in [0.4, 0.5) is 0 Å². The molecule has 2 fully saturated rings. The normalized spacial score (nSPS) is 23.5. The molecule has 2 atom stereocenters. The molecule has 2 saturated carbocycles. The van der Waals surface area contributed by atoms with Crippen LogP contribution in [0.2, 0.25) is 0 Å². The van der Waals surface area contributed by atoms with Gasteiger partial charge in [-0.15, -0.1) is 0 Å². The molecule has 1 aromatic heterocycles. The second-order valence-electron chi connectivity index (χ2n) is 8.89. The van der Waals surface area contributed by atoms with Crippen LogP contribution in [-0.4, -0.2) is 37.8 Å². The standard InChI is InChI=1S/C20H32N4O2/c1-20(2,3)22-18(25)15-7-5-6-8-16(15)19(26)24(14-9-10-14)13-17-21-11-12-23(17)4/h11-12,14-16H,5-10,13H2,1-4H3,(H,22,25)/t15-,16+/m1/s1. The van der Waals surface area contributed by atoms with E-state index in [-0.39, 0.29) is 29.2 Å². The largest absolute Gasteiger partial charge is 0.351 e. The van der Waals surface area contributed by atoms with Gasteiger partial charge >= 0.3 is 0 Å². The van der Waals surface area contributed by atoms with Crippen LogP contribution in [0.3, 0.4) is 0 Å². The molecule has 1 aromatic rings. The van der Waals surface area contributed by atoms with Crippen molar-refractivity contribution in [3.63, 3.8) is 0 Å². The number of aryl methyl sites for hydroxylation is 1. The first-order valence-corrected chi connectivity index (χ1v) is 9.85. The minimum atomic E-state index is -0.273. The highest BCUT2D eigenvalue weighted by molar-refractivity contribution is 5.88. The molecule has 0 aliphatic heterocycles. The number of hydrogen-bond acceptors (Lipinski definition) is 3. The Labute approximate surface area is 156 Å². The van der Waals surface area contributed by atoms with E-state index in [1.807, 2.05) is 43.5 Å². The lowest BCUT2D eigenvalue weighted by atomic mass is 9.77. The van der Waals surface area contributed by atoms with Crippen molar-refractivity contribution in [2.45, 2.75) is 77.4 Å². The lowest BCUT2D eigenvalue weighted by molar-refractivity contribution is -0.145. The van der Waals surface area contributed by atoms with Gasteiger partial charge in [0.1, 0.15) is 5.82 Å². The van der Waals surface area contributed by atoms with Gasteiger partial charge in [0.05, 0.1) is 6.54 Å². The first-order chi connectivity index (χ1) is 12.3. The van der Waals surface area contributed by atoms with Crippen molar-refractivity contribution in [2.75, 3.05) is 0 Å². The van der Waals surface area contributed by atoms with Crippen molar-refractivity contribution < 1.29 is 9.59 Å². The SMILES string of the molecule is Cn1ccnc1CN(C(=O)[C@H]1CCCC[C@H]1C(=O)NC(C)(C)C)C1CC1. The molecule has 1 N–H and O–H groups in total. The third-order valence-electron chi connectivity index (χ3n) is 5.42. The van der Waals surface area contributed by atoms with E-state index < -0.39 is 0 Å². The van der Waals surface area contributed by atoms with Crippen LogP contribution in [0.5, 0.6) is 0 Å². The smallest absolute Gasteiger partial charge is 0.227 e. The number of nitrogens with zero attached hydrogens (tertiary/aromatic N) is 3. The molecule has 0 spiro atoms. The molecule has 3 rings (SSSR count). The molecule has 0 bridgehead atoms. The van der Waals surface area contributed by atoms with E-state index in [0.717, 1.165) is 44.3 Å². The average molecular weight is 361 g/mol. The van der Waals surface area contributed by atoms with Crippen molar-refractivity contribution in [3.05, 3.63) is 18.2 Å². The van der Waals surface area contributed by atoms with Gasteiger partial charge in [-0.05, 0) is 46.5 Å². The Morgan fingerprint density at radius 2 is 1.85 bits per heavy atom. The summed E-state index contributed by atoms with van der Waals surface area (Å²) in [6, 6.07) is 0.312. The monoisotopic (exact) mass is 360 g/mol. The van der Waals surface area contributed by atoms with Gasteiger partial charge in [0.2, 0.25) is 11.8 Å². The Bertz CT molecular complexity index is 657. The molecule has 0 saturated heterocycles. The topological polar surface area (TPSA) is 67.2 Å². The van der Waals surface area contributed by atoms with E-state index in [2.05, 4.69) is 10.3 Å². The highest BCUT2D eigenvalue weighted by Gasteiger charge is 2.42. The molecular weight excluding hydrogens is 328 g/mol. The summed E-state index contributed by atoms with van der Waals surface area (Å²) in [6.07, 6.45) is 9.45. The van der Waals surface area contributed by atoms with Gasteiger partial charge in [-0.3, -0.25) is 9.59 Å². The zero-order valence-corrected chi connectivity index (χ0v) is 16.5. The van der Waals surface area contributed by atoms with Crippen molar-refractivity contribution in [3.8, 4) is 0 Å². The molecule has 0 aromatic carbocycles. The zero-order valence-electron chi connectivity index (χ0n) is 16.5. The molecule has 2 aliphatic rings. The van der Waals surface area contributed by atoms with Crippen LogP contribution in [0, 0.1) is 11.8 Å². The molecule has 6 nitrogen and oxygen atoms in total. The van der Waals surface area contributed by atoms with Gasteiger partial charge in [-0.25, -0.2) is 4.98 Å². The quantitative estimate of drug-likeness (QED) is 0.878. The number of carbonyl (C=O) groups is 2. The predicted molar refractivity (Wildman–Crippen MR) is 100 cm³/mol.